The van der Waals surface area contributed by atoms with Crippen molar-refractivity contribution in [2.45, 2.75) is 95.4 Å². The fraction of sp³-hybridized carbons (Fsp3) is 1.00. The molecule has 0 amide bonds. The molecule has 1 aliphatic heterocycles. The van der Waals surface area contributed by atoms with Gasteiger partial charge in [-0.05, 0) is 94.9 Å². The van der Waals surface area contributed by atoms with Crippen LogP contribution in [0.4, 0.5) is 8.78 Å². The Hall–Kier alpha value is -0.180. The van der Waals surface area contributed by atoms with Crippen molar-refractivity contribution in [3.63, 3.8) is 0 Å². The van der Waals surface area contributed by atoms with E-state index >= 15 is 0 Å². The number of halogens is 2. The lowest BCUT2D eigenvalue weighted by atomic mass is 9.67. The highest BCUT2D eigenvalue weighted by molar-refractivity contribution is 4.88. The fourth-order valence-corrected chi connectivity index (χ4v) is 5.24. The van der Waals surface area contributed by atoms with Crippen LogP contribution in [0.5, 0.6) is 0 Å². The normalized spacial score (nSPS) is 42.0. The number of rotatable bonds is 4. The van der Waals surface area contributed by atoms with Crippen molar-refractivity contribution < 1.29 is 8.78 Å². The number of hydrogen-bond acceptors (Lipinski definition) is 1. The van der Waals surface area contributed by atoms with E-state index in [2.05, 4.69) is 5.32 Å². The van der Waals surface area contributed by atoms with E-state index < -0.39 is 12.3 Å². The average Bonchev–Trinajstić information content (AvgIpc) is 2.56. The van der Waals surface area contributed by atoms with Gasteiger partial charge in [0, 0.05) is 6.04 Å². The zero-order valence-electron chi connectivity index (χ0n) is 13.9. The monoisotopic (exact) mass is 313 g/mol. The van der Waals surface area contributed by atoms with E-state index in [1.807, 2.05) is 0 Å². The van der Waals surface area contributed by atoms with Crippen molar-refractivity contribution in [3.8, 4) is 0 Å². The summed E-state index contributed by atoms with van der Waals surface area (Å²) in [5, 5.41) is 3.70. The molecule has 0 aromatic rings. The summed E-state index contributed by atoms with van der Waals surface area (Å²) in [4.78, 5) is 0. The minimum atomic E-state index is -0.564. The Kier molecular flexibility index (Phi) is 6.12. The molecule has 1 atom stereocenters. The first kappa shape index (κ1) is 16.7. The van der Waals surface area contributed by atoms with Crippen LogP contribution in [0.1, 0.15) is 77.0 Å². The summed E-state index contributed by atoms with van der Waals surface area (Å²) < 4.78 is 27.0. The minimum Gasteiger partial charge on any atom is -0.314 e. The van der Waals surface area contributed by atoms with Crippen LogP contribution in [0.2, 0.25) is 0 Å². The van der Waals surface area contributed by atoms with Gasteiger partial charge in [-0.25, -0.2) is 8.78 Å². The maximum atomic E-state index is 13.5. The Labute approximate surface area is 134 Å². The zero-order valence-corrected chi connectivity index (χ0v) is 13.9. The summed E-state index contributed by atoms with van der Waals surface area (Å²) in [6, 6.07) is 0.657. The molecule has 128 valence electrons. The summed E-state index contributed by atoms with van der Waals surface area (Å²) >= 11 is 0. The van der Waals surface area contributed by atoms with Crippen molar-refractivity contribution in [1.82, 2.24) is 5.32 Å². The van der Waals surface area contributed by atoms with Crippen LogP contribution < -0.4 is 5.32 Å². The third-order valence-corrected chi connectivity index (χ3v) is 6.58. The highest BCUT2D eigenvalue weighted by atomic mass is 19.1. The molecular formula is C19H33F2N. The molecule has 3 rings (SSSR count). The minimum absolute atomic E-state index is 0.564. The average molecular weight is 313 g/mol. The van der Waals surface area contributed by atoms with Crippen molar-refractivity contribution in [1.29, 1.82) is 0 Å². The number of nitrogens with one attached hydrogen (secondary N) is 1. The smallest absolute Gasteiger partial charge is 0.100 e. The molecule has 1 nitrogen and oxygen atoms in total. The van der Waals surface area contributed by atoms with Crippen molar-refractivity contribution in [3.05, 3.63) is 0 Å². The summed E-state index contributed by atoms with van der Waals surface area (Å²) in [7, 11) is 0. The molecular weight excluding hydrogens is 280 g/mol. The molecule has 2 aliphatic carbocycles. The molecule has 0 radical (unpaired) electrons. The molecule has 1 N–H and O–H groups in total. The topological polar surface area (TPSA) is 12.0 Å². The predicted molar refractivity (Wildman–Crippen MR) is 87.5 cm³/mol. The van der Waals surface area contributed by atoms with E-state index in [1.165, 1.54) is 25.7 Å². The highest BCUT2D eigenvalue weighted by Crippen LogP contribution is 2.43. The Morgan fingerprint density at radius 2 is 1.27 bits per heavy atom. The Morgan fingerprint density at radius 3 is 1.73 bits per heavy atom. The van der Waals surface area contributed by atoms with Gasteiger partial charge in [-0.1, -0.05) is 6.42 Å². The van der Waals surface area contributed by atoms with E-state index in [9.17, 15) is 8.78 Å². The summed E-state index contributed by atoms with van der Waals surface area (Å²) in [6.07, 6.45) is 11.4. The van der Waals surface area contributed by atoms with Crippen LogP contribution in [0.3, 0.4) is 0 Å². The molecule has 1 heterocycles. The molecule has 1 saturated heterocycles. The third-order valence-electron chi connectivity index (χ3n) is 6.58. The van der Waals surface area contributed by atoms with Gasteiger partial charge in [0.25, 0.3) is 0 Å². The van der Waals surface area contributed by atoms with E-state index in [0.29, 0.717) is 23.8 Å². The summed E-state index contributed by atoms with van der Waals surface area (Å²) in [5.41, 5.74) is 0. The van der Waals surface area contributed by atoms with Crippen LogP contribution in [0, 0.1) is 17.8 Å². The second-order valence-corrected chi connectivity index (χ2v) is 8.07. The first-order chi connectivity index (χ1) is 10.7. The summed E-state index contributed by atoms with van der Waals surface area (Å²) in [6.45, 7) is 1.16. The highest BCUT2D eigenvalue weighted by Gasteiger charge is 2.36. The predicted octanol–water partition coefficient (Wildman–Crippen LogP) is 5.19. The second-order valence-electron chi connectivity index (χ2n) is 8.07. The molecule has 3 aliphatic rings. The van der Waals surface area contributed by atoms with Crippen LogP contribution in [-0.2, 0) is 0 Å². The first-order valence-corrected chi connectivity index (χ1v) is 9.74. The molecule has 3 heteroatoms. The van der Waals surface area contributed by atoms with Gasteiger partial charge in [-0.15, -0.1) is 0 Å². The molecule has 0 aromatic carbocycles. The summed E-state index contributed by atoms with van der Waals surface area (Å²) in [5.74, 6) is 2.09. The maximum Gasteiger partial charge on any atom is 0.100 e. The van der Waals surface area contributed by atoms with E-state index in [1.54, 1.807) is 0 Å². The molecule has 0 bridgehead atoms. The Balaban J connectivity index is 1.61. The van der Waals surface area contributed by atoms with Gasteiger partial charge in [0.05, 0.1) is 0 Å². The van der Waals surface area contributed by atoms with Crippen molar-refractivity contribution in [2.24, 2.45) is 17.8 Å². The lowest BCUT2D eigenvalue weighted by Crippen LogP contribution is -2.40. The van der Waals surface area contributed by atoms with Gasteiger partial charge in [0.15, 0.2) is 0 Å². The standard InChI is InChI=1S/C19H33F2N/c20-16-8-4-14(5-9-16)19(13-18-3-1-2-12-22-18)15-6-10-17(21)11-7-15/h14-19,22H,1-13H2. The van der Waals surface area contributed by atoms with Gasteiger partial charge in [0.2, 0.25) is 0 Å². The SMILES string of the molecule is FC1CCC(C(CC2CCCCN2)C2CCC(F)CC2)CC1. The number of hydrogen-bond donors (Lipinski definition) is 1. The van der Waals surface area contributed by atoms with Crippen LogP contribution in [-0.4, -0.2) is 24.9 Å². The van der Waals surface area contributed by atoms with Crippen LogP contribution in [0.15, 0.2) is 0 Å². The first-order valence-electron chi connectivity index (χ1n) is 9.74. The van der Waals surface area contributed by atoms with Gasteiger partial charge < -0.3 is 5.32 Å². The molecule has 2 saturated carbocycles. The largest absolute Gasteiger partial charge is 0.314 e. The maximum absolute atomic E-state index is 13.5. The van der Waals surface area contributed by atoms with Crippen molar-refractivity contribution >= 4 is 0 Å². The zero-order chi connectivity index (χ0) is 15.4. The Bertz CT molecular complexity index is 291. The second kappa shape index (κ2) is 8.08. The molecule has 0 aromatic heterocycles. The van der Waals surface area contributed by atoms with Gasteiger partial charge in [-0.3, -0.25) is 0 Å². The quantitative estimate of drug-likeness (QED) is 0.753. The van der Waals surface area contributed by atoms with Crippen molar-refractivity contribution in [2.75, 3.05) is 6.54 Å². The van der Waals surface area contributed by atoms with E-state index in [4.69, 9.17) is 0 Å². The fourth-order valence-electron chi connectivity index (χ4n) is 5.24. The lowest BCUT2D eigenvalue weighted by Gasteiger charge is -2.41. The lowest BCUT2D eigenvalue weighted by molar-refractivity contribution is 0.0777. The van der Waals surface area contributed by atoms with Gasteiger partial charge >= 0.3 is 0 Å². The van der Waals surface area contributed by atoms with Gasteiger partial charge in [-0.2, -0.15) is 0 Å². The molecule has 0 spiro atoms. The van der Waals surface area contributed by atoms with Crippen LogP contribution >= 0.6 is 0 Å². The van der Waals surface area contributed by atoms with Gasteiger partial charge in [0.1, 0.15) is 12.3 Å². The Morgan fingerprint density at radius 1 is 0.727 bits per heavy atom. The number of piperidine rings is 1. The van der Waals surface area contributed by atoms with Crippen LogP contribution in [0.25, 0.3) is 0 Å². The molecule has 22 heavy (non-hydrogen) atoms. The van der Waals surface area contributed by atoms with E-state index in [0.717, 1.165) is 57.9 Å². The molecule has 1 unspecified atom stereocenters. The third kappa shape index (κ3) is 4.43. The van der Waals surface area contributed by atoms with E-state index in [-0.39, 0.29) is 0 Å². The molecule has 3 fully saturated rings. The number of alkyl halides is 2.